The highest BCUT2D eigenvalue weighted by Gasteiger charge is 2.12. The van der Waals surface area contributed by atoms with E-state index in [1.165, 1.54) is 0 Å². The Bertz CT molecular complexity index is 665. The molecule has 124 valence electrons. The predicted molar refractivity (Wildman–Crippen MR) is 91.2 cm³/mol. The van der Waals surface area contributed by atoms with E-state index in [9.17, 15) is 4.79 Å². The molecule has 1 heterocycles. The van der Waals surface area contributed by atoms with Crippen molar-refractivity contribution in [2.45, 2.75) is 33.7 Å². The molecule has 1 aromatic carbocycles. The van der Waals surface area contributed by atoms with Crippen LogP contribution in [0.1, 0.15) is 30.3 Å². The van der Waals surface area contributed by atoms with Crippen molar-refractivity contribution in [1.29, 1.82) is 0 Å². The van der Waals surface area contributed by atoms with Crippen LogP contribution in [0.5, 0.6) is 5.75 Å². The summed E-state index contributed by atoms with van der Waals surface area (Å²) in [6.07, 6.45) is 0.857. The number of carbonyl (C=O) groups is 1. The second-order valence-corrected chi connectivity index (χ2v) is 5.59. The lowest BCUT2D eigenvalue weighted by Crippen LogP contribution is -2.28. The van der Waals surface area contributed by atoms with E-state index in [1.807, 2.05) is 20.8 Å². The molecule has 2 amide bonds. The third-order valence-corrected chi connectivity index (χ3v) is 3.67. The number of nitrogens with one attached hydrogen (secondary N) is 3. The topological polar surface area (TPSA) is 79.0 Å². The van der Waals surface area contributed by atoms with Crippen molar-refractivity contribution < 1.29 is 9.53 Å². The van der Waals surface area contributed by atoms with Gasteiger partial charge in [-0.25, -0.2) is 4.79 Å². The van der Waals surface area contributed by atoms with Crippen molar-refractivity contribution in [1.82, 2.24) is 15.5 Å². The molecule has 0 spiro atoms. The molecule has 0 saturated carbocycles. The zero-order valence-corrected chi connectivity index (χ0v) is 14.3. The first kappa shape index (κ1) is 17.1. The molecule has 0 radical (unpaired) electrons. The highest BCUT2D eigenvalue weighted by molar-refractivity contribution is 6.32. The number of amides is 2. The van der Waals surface area contributed by atoms with Crippen LogP contribution in [0.3, 0.4) is 0 Å². The van der Waals surface area contributed by atoms with Gasteiger partial charge < -0.3 is 15.4 Å². The number of rotatable bonds is 6. The Labute approximate surface area is 140 Å². The summed E-state index contributed by atoms with van der Waals surface area (Å²) in [7, 11) is 0. The van der Waals surface area contributed by atoms with Gasteiger partial charge in [0.1, 0.15) is 0 Å². The van der Waals surface area contributed by atoms with E-state index in [2.05, 4.69) is 20.8 Å². The van der Waals surface area contributed by atoms with E-state index in [4.69, 9.17) is 16.3 Å². The zero-order valence-electron chi connectivity index (χ0n) is 13.5. The molecular weight excluding hydrogens is 316 g/mol. The van der Waals surface area contributed by atoms with Crippen LogP contribution in [0.2, 0.25) is 5.02 Å². The SMILES string of the molecule is CCCOc1c(Cl)cccc1NC(=O)NCc1c(C)n[nH]c1C. The summed E-state index contributed by atoms with van der Waals surface area (Å²) in [6.45, 7) is 6.75. The van der Waals surface area contributed by atoms with Crippen molar-refractivity contribution in [3.8, 4) is 5.75 Å². The number of urea groups is 1. The van der Waals surface area contributed by atoms with Gasteiger partial charge in [0.25, 0.3) is 0 Å². The maximum absolute atomic E-state index is 12.1. The van der Waals surface area contributed by atoms with Gasteiger partial charge in [0.05, 0.1) is 23.0 Å². The summed E-state index contributed by atoms with van der Waals surface area (Å²) in [5.41, 5.74) is 3.34. The number of benzene rings is 1. The Hall–Kier alpha value is -2.21. The lowest BCUT2D eigenvalue weighted by Gasteiger charge is -2.14. The van der Waals surface area contributed by atoms with Crippen molar-refractivity contribution in [3.05, 3.63) is 40.2 Å². The number of hydrogen-bond donors (Lipinski definition) is 3. The van der Waals surface area contributed by atoms with E-state index in [0.717, 1.165) is 23.4 Å². The van der Waals surface area contributed by atoms with Crippen LogP contribution in [0.15, 0.2) is 18.2 Å². The molecule has 0 unspecified atom stereocenters. The van der Waals surface area contributed by atoms with Crippen molar-refractivity contribution in [2.75, 3.05) is 11.9 Å². The summed E-state index contributed by atoms with van der Waals surface area (Å²) in [5, 5.41) is 13.0. The van der Waals surface area contributed by atoms with E-state index in [1.54, 1.807) is 18.2 Å². The number of nitrogens with zero attached hydrogens (tertiary/aromatic N) is 1. The predicted octanol–water partition coefficient (Wildman–Crippen LogP) is 3.79. The maximum Gasteiger partial charge on any atom is 0.319 e. The molecule has 0 aliphatic rings. The number of anilines is 1. The van der Waals surface area contributed by atoms with Crippen LogP contribution < -0.4 is 15.4 Å². The highest BCUT2D eigenvalue weighted by Crippen LogP contribution is 2.32. The summed E-state index contributed by atoms with van der Waals surface area (Å²) in [5.74, 6) is 0.488. The van der Waals surface area contributed by atoms with Crippen LogP contribution in [0.25, 0.3) is 0 Å². The van der Waals surface area contributed by atoms with E-state index in [-0.39, 0.29) is 6.03 Å². The largest absolute Gasteiger partial charge is 0.490 e. The van der Waals surface area contributed by atoms with Crippen LogP contribution in [0, 0.1) is 13.8 Å². The number of aromatic nitrogens is 2. The molecule has 2 rings (SSSR count). The highest BCUT2D eigenvalue weighted by atomic mass is 35.5. The number of aryl methyl sites for hydroxylation is 2. The molecule has 23 heavy (non-hydrogen) atoms. The summed E-state index contributed by atoms with van der Waals surface area (Å²) in [4.78, 5) is 12.1. The van der Waals surface area contributed by atoms with Crippen LogP contribution in [-0.4, -0.2) is 22.8 Å². The molecule has 0 bridgehead atoms. The smallest absolute Gasteiger partial charge is 0.319 e. The standard InChI is InChI=1S/C16H21ClN4O2/c1-4-8-23-15-13(17)6-5-7-14(15)19-16(22)18-9-12-10(2)20-21-11(12)3/h5-7H,4,8-9H2,1-3H3,(H,20,21)(H2,18,19,22). The summed E-state index contributed by atoms with van der Waals surface area (Å²) >= 11 is 6.14. The molecular formula is C16H21ClN4O2. The number of para-hydroxylation sites is 1. The van der Waals surface area contributed by atoms with Crippen molar-refractivity contribution in [2.24, 2.45) is 0 Å². The van der Waals surface area contributed by atoms with E-state index >= 15 is 0 Å². The first-order chi connectivity index (χ1) is 11.0. The van der Waals surface area contributed by atoms with Gasteiger partial charge in [0.2, 0.25) is 0 Å². The summed E-state index contributed by atoms with van der Waals surface area (Å²) in [6, 6.07) is 4.92. The Morgan fingerprint density at radius 1 is 1.39 bits per heavy atom. The fourth-order valence-corrected chi connectivity index (χ4v) is 2.36. The van der Waals surface area contributed by atoms with Gasteiger partial charge in [0.15, 0.2) is 5.75 Å². The number of aromatic amines is 1. The van der Waals surface area contributed by atoms with Gasteiger partial charge in [-0.2, -0.15) is 5.10 Å². The molecule has 0 saturated heterocycles. The van der Waals surface area contributed by atoms with Crippen molar-refractivity contribution in [3.63, 3.8) is 0 Å². The molecule has 0 aliphatic heterocycles. The minimum Gasteiger partial charge on any atom is -0.490 e. The third kappa shape index (κ3) is 4.39. The monoisotopic (exact) mass is 336 g/mol. The second kappa shape index (κ2) is 7.87. The molecule has 0 fully saturated rings. The molecule has 0 aliphatic carbocycles. The van der Waals surface area contributed by atoms with E-state index < -0.39 is 0 Å². The van der Waals surface area contributed by atoms with Crippen LogP contribution in [0.4, 0.5) is 10.5 Å². The minimum absolute atomic E-state index is 0.325. The number of hydrogen-bond acceptors (Lipinski definition) is 3. The molecule has 6 nitrogen and oxygen atoms in total. The number of ether oxygens (including phenoxy) is 1. The van der Waals surface area contributed by atoms with Gasteiger partial charge in [-0.15, -0.1) is 0 Å². The molecule has 3 N–H and O–H groups in total. The number of H-pyrrole nitrogens is 1. The lowest BCUT2D eigenvalue weighted by molar-refractivity contribution is 0.251. The van der Waals surface area contributed by atoms with E-state index in [0.29, 0.717) is 29.6 Å². The van der Waals surface area contributed by atoms with Gasteiger partial charge in [0, 0.05) is 17.8 Å². The van der Waals surface area contributed by atoms with Gasteiger partial charge >= 0.3 is 6.03 Å². The Morgan fingerprint density at radius 3 is 2.83 bits per heavy atom. The van der Waals surface area contributed by atoms with Gasteiger partial charge in [-0.05, 0) is 32.4 Å². The first-order valence-corrected chi connectivity index (χ1v) is 7.87. The molecule has 7 heteroatoms. The number of halogens is 1. The van der Waals surface area contributed by atoms with Gasteiger partial charge in [-0.1, -0.05) is 24.6 Å². The summed E-state index contributed by atoms with van der Waals surface area (Å²) < 4.78 is 5.62. The van der Waals surface area contributed by atoms with Crippen LogP contribution >= 0.6 is 11.6 Å². The fraction of sp³-hybridized carbons (Fsp3) is 0.375. The second-order valence-electron chi connectivity index (χ2n) is 5.19. The third-order valence-electron chi connectivity index (χ3n) is 3.37. The molecule has 0 atom stereocenters. The molecule has 2 aromatic rings. The molecule has 1 aromatic heterocycles. The Morgan fingerprint density at radius 2 is 2.17 bits per heavy atom. The van der Waals surface area contributed by atoms with Crippen LogP contribution in [-0.2, 0) is 6.54 Å². The maximum atomic E-state index is 12.1. The zero-order chi connectivity index (χ0) is 16.8. The quantitative estimate of drug-likeness (QED) is 0.750. The normalized spacial score (nSPS) is 10.4. The Balaban J connectivity index is 2.01. The van der Waals surface area contributed by atoms with Crippen molar-refractivity contribution >= 4 is 23.3 Å². The fourth-order valence-electron chi connectivity index (χ4n) is 2.13. The average molecular weight is 337 g/mol. The lowest BCUT2D eigenvalue weighted by atomic mass is 10.2. The van der Waals surface area contributed by atoms with Gasteiger partial charge in [-0.3, -0.25) is 5.10 Å². The first-order valence-electron chi connectivity index (χ1n) is 7.49. The number of carbonyl (C=O) groups excluding carboxylic acids is 1. The Kier molecular flexibility index (Phi) is 5.87. The minimum atomic E-state index is -0.325. The average Bonchev–Trinajstić information content (AvgIpc) is 2.83.